The van der Waals surface area contributed by atoms with Gasteiger partial charge in [-0.25, -0.2) is 0 Å². The number of benzene rings is 1. The van der Waals surface area contributed by atoms with E-state index in [1.807, 2.05) is 19.4 Å². The van der Waals surface area contributed by atoms with E-state index in [2.05, 4.69) is 0 Å². The van der Waals surface area contributed by atoms with E-state index in [4.69, 9.17) is 34.8 Å². The highest BCUT2D eigenvalue weighted by Crippen LogP contribution is 2.32. The summed E-state index contributed by atoms with van der Waals surface area (Å²) in [7, 11) is 0. The molecule has 0 aromatic heterocycles. The zero-order valence-electron chi connectivity index (χ0n) is 6.57. The molecule has 0 aliphatic rings. The molecule has 0 saturated heterocycles. The van der Waals surface area contributed by atoms with Crippen LogP contribution in [-0.4, -0.2) is 0 Å². The third-order valence-electron chi connectivity index (χ3n) is 1.54. The van der Waals surface area contributed by atoms with Crippen molar-refractivity contribution < 1.29 is 0 Å². The molecule has 0 nitrogen and oxygen atoms in total. The monoisotopic (exact) mass is 221 g/mol. The van der Waals surface area contributed by atoms with Crippen molar-refractivity contribution in [2.45, 2.75) is 13.3 Å². The first-order valence-electron chi connectivity index (χ1n) is 3.57. The lowest BCUT2D eigenvalue weighted by Gasteiger charge is -2.04. The molecule has 0 heterocycles. The van der Waals surface area contributed by atoms with Crippen LogP contribution in [0.4, 0.5) is 0 Å². The van der Waals surface area contributed by atoms with Gasteiger partial charge >= 0.3 is 0 Å². The normalized spacial score (nSPS) is 10.3. The molecule has 1 aromatic rings. The van der Waals surface area contributed by atoms with Gasteiger partial charge in [-0.1, -0.05) is 47.8 Å². The van der Waals surface area contributed by atoms with Crippen molar-refractivity contribution in [3.05, 3.63) is 39.2 Å². The molecule has 0 aliphatic heterocycles. The van der Waals surface area contributed by atoms with Gasteiger partial charge in [-0.3, -0.25) is 0 Å². The zero-order valence-corrected chi connectivity index (χ0v) is 8.84. The number of hydrogen-bond acceptors (Lipinski definition) is 0. The van der Waals surface area contributed by atoms with E-state index >= 15 is 0 Å². The van der Waals surface area contributed by atoms with E-state index in [1.54, 1.807) is 6.07 Å². The van der Waals surface area contributed by atoms with Gasteiger partial charge in [-0.05, 0) is 24.5 Å². The second kappa shape index (κ2) is 4.36. The quantitative estimate of drug-likeness (QED) is 0.650. The van der Waals surface area contributed by atoms with Crippen LogP contribution >= 0.6 is 34.8 Å². The minimum Gasteiger partial charge on any atom is -0.0827 e. The molecule has 3 heteroatoms. The van der Waals surface area contributed by atoms with Gasteiger partial charge in [-0.15, -0.1) is 0 Å². The third-order valence-corrected chi connectivity index (χ3v) is 2.87. The van der Waals surface area contributed by atoms with Crippen LogP contribution in [0.15, 0.2) is 12.1 Å². The number of halogens is 3. The Labute approximate surface area is 87.4 Å². The van der Waals surface area contributed by atoms with Gasteiger partial charge in [0, 0.05) is 0 Å². The molecule has 0 unspecified atom stereocenters. The van der Waals surface area contributed by atoms with Gasteiger partial charge in [0.05, 0.1) is 15.1 Å². The van der Waals surface area contributed by atoms with Crippen LogP contribution in [0.5, 0.6) is 0 Å². The Morgan fingerprint density at radius 3 is 2.42 bits per heavy atom. The summed E-state index contributed by atoms with van der Waals surface area (Å²) in [5, 5.41) is 1.50. The highest BCUT2D eigenvalue weighted by Gasteiger charge is 2.07. The molecule has 1 rings (SSSR count). The molecule has 0 saturated carbocycles. The second-order valence-corrected chi connectivity index (χ2v) is 3.61. The summed E-state index contributed by atoms with van der Waals surface area (Å²) in [4.78, 5) is 0. The molecule has 0 bridgehead atoms. The lowest BCUT2D eigenvalue weighted by atomic mass is 10.1. The van der Waals surface area contributed by atoms with Crippen molar-refractivity contribution in [1.29, 1.82) is 0 Å². The Morgan fingerprint density at radius 1 is 1.17 bits per heavy atom. The Hall–Kier alpha value is 0.0900. The van der Waals surface area contributed by atoms with Crippen molar-refractivity contribution in [1.82, 2.24) is 0 Å². The van der Waals surface area contributed by atoms with Crippen molar-refractivity contribution in [3.63, 3.8) is 0 Å². The van der Waals surface area contributed by atoms with E-state index in [9.17, 15) is 0 Å². The maximum Gasteiger partial charge on any atom is 0.0781 e. The maximum atomic E-state index is 5.94. The van der Waals surface area contributed by atoms with Crippen LogP contribution in [0.25, 0.3) is 0 Å². The van der Waals surface area contributed by atoms with E-state index in [0.717, 1.165) is 12.0 Å². The lowest BCUT2D eigenvalue weighted by molar-refractivity contribution is 1.14. The predicted molar refractivity (Wildman–Crippen MR) is 55.2 cm³/mol. The van der Waals surface area contributed by atoms with Gasteiger partial charge in [-0.2, -0.15) is 0 Å². The van der Waals surface area contributed by atoms with Crippen molar-refractivity contribution in [2.75, 3.05) is 0 Å². The highest BCUT2D eigenvalue weighted by molar-refractivity contribution is 6.48. The summed E-state index contributed by atoms with van der Waals surface area (Å²) in [6.07, 6.45) is 2.83. The fourth-order valence-corrected chi connectivity index (χ4v) is 1.58. The van der Waals surface area contributed by atoms with Gasteiger partial charge in [0.1, 0.15) is 0 Å². The molecule has 0 amide bonds. The summed E-state index contributed by atoms with van der Waals surface area (Å²) in [6.45, 7) is 1.97. The van der Waals surface area contributed by atoms with Gasteiger partial charge in [0.15, 0.2) is 0 Å². The molecule has 0 N–H and O–H groups in total. The van der Waals surface area contributed by atoms with Crippen LogP contribution < -0.4 is 0 Å². The average molecular weight is 223 g/mol. The molecule has 1 aromatic carbocycles. The average Bonchev–Trinajstić information content (AvgIpc) is 2.07. The third kappa shape index (κ3) is 2.07. The van der Waals surface area contributed by atoms with E-state index in [-0.39, 0.29) is 0 Å². The smallest absolute Gasteiger partial charge is 0.0781 e. The Morgan fingerprint density at radius 2 is 1.83 bits per heavy atom. The first-order chi connectivity index (χ1) is 5.66. The fraction of sp³-hybridized carbons (Fsp3) is 0.222. The number of rotatable bonds is 2. The Kier molecular flexibility index (Phi) is 3.70. The van der Waals surface area contributed by atoms with Crippen LogP contribution in [0.3, 0.4) is 0 Å². The molecule has 12 heavy (non-hydrogen) atoms. The minimum absolute atomic E-state index is 0.442. The highest BCUT2D eigenvalue weighted by atomic mass is 35.5. The van der Waals surface area contributed by atoms with Gasteiger partial charge < -0.3 is 0 Å². The summed E-state index contributed by atoms with van der Waals surface area (Å²) in [5.41, 5.74) is 1.01. The van der Waals surface area contributed by atoms with Crippen LogP contribution in [0, 0.1) is 6.42 Å². The van der Waals surface area contributed by atoms with Gasteiger partial charge in [0.2, 0.25) is 0 Å². The van der Waals surface area contributed by atoms with Crippen molar-refractivity contribution in [2.24, 2.45) is 0 Å². The summed E-state index contributed by atoms with van der Waals surface area (Å²) in [5.74, 6) is 0. The lowest BCUT2D eigenvalue weighted by Crippen LogP contribution is -1.86. The topological polar surface area (TPSA) is 0 Å². The zero-order chi connectivity index (χ0) is 9.14. The SMILES string of the molecule is C[CH]Cc1ccc(Cl)c(Cl)c1Cl. The Bertz CT molecular complexity index is 281. The number of hydrogen-bond donors (Lipinski definition) is 0. The molecule has 0 aliphatic carbocycles. The first-order valence-corrected chi connectivity index (χ1v) is 4.70. The van der Waals surface area contributed by atoms with E-state index in [0.29, 0.717) is 15.1 Å². The summed E-state index contributed by atoms with van der Waals surface area (Å²) >= 11 is 17.5. The van der Waals surface area contributed by atoms with Crippen molar-refractivity contribution >= 4 is 34.8 Å². The predicted octanol–water partition coefficient (Wildman–Crippen LogP) is 4.41. The molecular weight excluding hydrogens is 214 g/mol. The van der Waals surface area contributed by atoms with Crippen LogP contribution in [0.2, 0.25) is 15.1 Å². The molecule has 0 fully saturated rings. The molecule has 65 valence electrons. The van der Waals surface area contributed by atoms with Crippen LogP contribution in [-0.2, 0) is 6.42 Å². The van der Waals surface area contributed by atoms with Crippen molar-refractivity contribution in [3.8, 4) is 0 Å². The van der Waals surface area contributed by atoms with Gasteiger partial charge in [0.25, 0.3) is 0 Å². The molecule has 1 radical (unpaired) electrons. The fourth-order valence-electron chi connectivity index (χ4n) is 0.943. The Balaban J connectivity index is 3.08. The standard InChI is InChI=1S/C9H8Cl3/c1-2-3-6-4-5-7(10)9(12)8(6)11/h2,4-5H,3H2,1H3. The first kappa shape index (κ1) is 10.2. The second-order valence-electron chi connectivity index (χ2n) is 2.45. The largest absolute Gasteiger partial charge is 0.0827 e. The summed E-state index contributed by atoms with van der Waals surface area (Å²) < 4.78 is 0. The molecular formula is C9H8Cl3. The molecule has 0 spiro atoms. The minimum atomic E-state index is 0.442. The summed E-state index contributed by atoms with van der Waals surface area (Å²) in [6, 6.07) is 3.64. The van der Waals surface area contributed by atoms with E-state index < -0.39 is 0 Å². The van der Waals surface area contributed by atoms with Crippen LogP contribution in [0.1, 0.15) is 12.5 Å². The molecule has 0 atom stereocenters. The maximum absolute atomic E-state index is 5.94. The van der Waals surface area contributed by atoms with E-state index in [1.165, 1.54) is 0 Å².